The lowest BCUT2D eigenvalue weighted by atomic mass is 9.91. The fourth-order valence-electron chi connectivity index (χ4n) is 17.2. The van der Waals surface area contributed by atoms with Gasteiger partial charge in [0.15, 0.2) is 22.3 Å². The van der Waals surface area contributed by atoms with Crippen molar-refractivity contribution in [2.75, 3.05) is 34.3 Å². The molecule has 12 aromatic rings. The average Bonchev–Trinajstić information content (AvgIpc) is 1.72. The van der Waals surface area contributed by atoms with Crippen LogP contribution in [0.1, 0.15) is 109 Å². The van der Waals surface area contributed by atoms with E-state index in [0.29, 0.717) is 124 Å². The number of carboxylic acid groups (broad SMARTS) is 1. The van der Waals surface area contributed by atoms with Crippen LogP contribution in [0.15, 0.2) is 139 Å². The second kappa shape index (κ2) is 34.3. The van der Waals surface area contributed by atoms with Crippen LogP contribution in [0.3, 0.4) is 0 Å². The number of nitrogens with zero attached hydrogens (tertiary/aromatic N) is 8. The van der Waals surface area contributed by atoms with Crippen molar-refractivity contribution in [3.8, 4) is 91.1 Å². The van der Waals surface area contributed by atoms with Gasteiger partial charge in [0.2, 0.25) is 23.6 Å². The van der Waals surface area contributed by atoms with Crippen molar-refractivity contribution in [3.05, 3.63) is 166 Å². The molecule has 30 heteroatoms. The first-order valence-corrected chi connectivity index (χ1v) is 38.7. The third-order valence-electron chi connectivity index (χ3n) is 23.1. The number of carbonyl (C=O) groups is 2. The van der Waals surface area contributed by atoms with Crippen LogP contribution in [-0.4, -0.2) is 164 Å². The summed E-state index contributed by atoms with van der Waals surface area (Å²) in [6.45, 7) is -2.60. The number of ether oxygens (including phenoxy) is 5. The molecule has 2 aliphatic carbocycles. The van der Waals surface area contributed by atoms with E-state index in [2.05, 4.69) is 0 Å². The summed E-state index contributed by atoms with van der Waals surface area (Å²) in [6.07, 6.45) is 6.34. The molecule has 614 valence electrons. The van der Waals surface area contributed by atoms with Gasteiger partial charge < -0.3 is 56.7 Å². The Morgan fingerprint density at radius 1 is 0.427 bits per heavy atom. The minimum absolute atomic E-state index is 0.0144. The van der Waals surface area contributed by atoms with E-state index < -0.39 is 56.7 Å². The van der Waals surface area contributed by atoms with Crippen LogP contribution in [-0.2, 0) is 40.5 Å². The first-order chi connectivity index (χ1) is 56.2. The Morgan fingerprint density at radius 3 is 1.01 bits per heavy atom. The first-order valence-electron chi connectivity index (χ1n) is 38.7. The number of esters is 1. The predicted molar refractivity (Wildman–Crippen MR) is 418 cm³/mol. The van der Waals surface area contributed by atoms with Gasteiger partial charge in [-0.2, -0.15) is 35.1 Å². The van der Waals surface area contributed by atoms with Gasteiger partial charge in [-0.15, -0.1) is 0 Å². The van der Waals surface area contributed by atoms with E-state index in [4.69, 9.17) is 61.3 Å². The fourth-order valence-corrected chi connectivity index (χ4v) is 17.2. The van der Waals surface area contributed by atoms with Gasteiger partial charge in [0.1, 0.15) is 57.1 Å². The van der Waals surface area contributed by atoms with Crippen LogP contribution in [0, 0.1) is 27.7 Å². The number of likely N-dealkylation sites (tertiary alicyclic amines) is 2. The lowest BCUT2D eigenvalue weighted by Crippen LogP contribution is -2.37. The highest BCUT2D eigenvalue weighted by atomic mass is 19.3. The van der Waals surface area contributed by atoms with E-state index in [1.165, 1.54) is 31.4 Å². The van der Waals surface area contributed by atoms with Gasteiger partial charge in [-0.25, -0.2) is 19.9 Å². The average molecular weight is 1620 g/mol. The minimum atomic E-state index is -3.10. The van der Waals surface area contributed by atoms with Gasteiger partial charge in [-0.3, -0.25) is 29.2 Å². The molecule has 16 rings (SSSR count). The Kier molecular flexibility index (Phi) is 23.8. The monoisotopic (exact) mass is 1620 g/mol. The Hall–Kier alpha value is -11.0. The number of hydrogen-bond donors (Lipinski definition) is 3. The molecule has 3 N–H and O–H groups in total. The molecule has 2 saturated carbocycles. The van der Waals surface area contributed by atoms with Crippen molar-refractivity contribution >= 4 is 56.3 Å². The van der Waals surface area contributed by atoms with Gasteiger partial charge in [0.05, 0.1) is 19.3 Å². The van der Waals surface area contributed by atoms with Crippen LogP contribution in [0.2, 0.25) is 0 Å². The normalized spacial score (nSPS) is 18.7. The van der Waals surface area contributed by atoms with Crippen molar-refractivity contribution in [2.24, 2.45) is 0 Å². The van der Waals surface area contributed by atoms with Crippen LogP contribution in [0.5, 0.6) is 23.0 Å². The van der Waals surface area contributed by atoms with Gasteiger partial charge in [-0.1, -0.05) is 48.5 Å². The smallest absolute Gasteiger partial charge is 0.387 e. The van der Waals surface area contributed by atoms with Gasteiger partial charge in [0.25, 0.3) is 0 Å². The van der Waals surface area contributed by atoms with E-state index in [1.807, 2.05) is 129 Å². The third-order valence-corrected chi connectivity index (χ3v) is 23.1. The van der Waals surface area contributed by atoms with Gasteiger partial charge >= 0.3 is 38.4 Å². The fraction of sp³-hybridized carbons (Fsp3) is 0.379. The molecule has 0 radical (unpaired) electrons. The molecule has 6 heterocycles. The lowest BCUT2D eigenvalue weighted by molar-refractivity contribution is -0.146. The van der Waals surface area contributed by atoms with E-state index in [-0.39, 0.29) is 101 Å². The van der Waals surface area contributed by atoms with Crippen LogP contribution >= 0.6 is 0 Å². The van der Waals surface area contributed by atoms with Gasteiger partial charge in [-0.05, 0) is 212 Å². The Balaban J connectivity index is 0.000000183. The summed E-state index contributed by atoms with van der Waals surface area (Å²) < 4.78 is 158. The number of oxazole rings is 4. The number of likely N-dealkylation sites (N-methyl/N-ethyl adjacent to an activating group) is 2. The highest BCUT2D eigenvalue weighted by Crippen LogP contribution is 2.45. The highest BCUT2D eigenvalue weighted by Gasteiger charge is 2.37. The predicted octanol–water partition coefficient (Wildman–Crippen LogP) is 18.5. The van der Waals surface area contributed by atoms with Crippen LogP contribution in [0.25, 0.3) is 112 Å². The maximum Gasteiger partial charge on any atom is 0.387 e. The highest BCUT2D eigenvalue weighted by molar-refractivity contribution is 5.88. The molecule has 8 aromatic carbocycles. The molecule has 4 aromatic heterocycles. The minimum Gasteiger partial charge on any atom is -0.480 e. The van der Waals surface area contributed by atoms with E-state index >= 15 is 0 Å². The SMILES string of the molecule is COC(=O)[C@@H]1CCCN1Cc1cc2nc(-c3cccc(-c4cccc(-c5nc6cc(CN(C)[C@@H]7CCC[C@@H]7O)c(OC(F)F)cc6o5)c4C)c3C)oc2cc1OC(F)F.Cc1c(-c2nc3cc(CN(C)[C@@H]4CCC[C@@H]4O)c(OC(F)F)cc3o2)cccc1-c1cccc(-c2nc3cc(CN4CCC[C@H]4C(=O)O)c(OC(F)F)cc3o2)c1C. The van der Waals surface area contributed by atoms with Gasteiger partial charge in [0, 0.05) is 107 Å². The molecule has 0 spiro atoms. The number of rotatable bonds is 26. The molecule has 2 aliphatic heterocycles. The van der Waals surface area contributed by atoms with Crippen molar-refractivity contribution in [1.29, 1.82) is 0 Å². The molecule has 117 heavy (non-hydrogen) atoms. The summed E-state index contributed by atoms with van der Waals surface area (Å²) in [5, 5.41) is 30.6. The number of alkyl halides is 8. The number of aliphatic hydroxyl groups excluding tert-OH is 2. The molecule has 4 aliphatic rings. The van der Waals surface area contributed by atoms with Crippen LogP contribution < -0.4 is 18.9 Å². The molecule has 0 unspecified atom stereocenters. The number of fused-ring (bicyclic) bond motifs is 4. The molecular weight excluding hydrogens is 1530 g/mol. The summed E-state index contributed by atoms with van der Waals surface area (Å²) >= 11 is 0. The maximum atomic E-state index is 13.6. The van der Waals surface area contributed by atoms with Crippen LogP contribution in [0.4, 0.5) is 35.1 Å². The summed E-state index contributed by atoms with van der Waals surface area (Å²) in [5.74, 6) is -0.400. The molecule has 22 nitrogen and oxygen atoms in total. The maximum absolute atomic E-state index is 13.6. The van der Waals surface area contributed by atoms with Crippen molar-refractivity contribution < 1.29 is 101 Å². The molecular formula is C87H86F8N8O14. The number of hydrogen-bond acceptors (Lipinski definition) is 21. The molecule has 6 atom stereocenters. The number of benzene rings is 8. The molecule has 2 saturated heterocycles. The number of methoxy groups -OCH3 is 1. The first kappa shape index (κ1) is 81.1. The van der Waals surface area contributed by atoms with Crippen molar-refractivity contribution in [3.63, 3.8) is 0 Å². The summed E-state index contributed by atoms with van der Waals surface area (Å²) in [5.41, 5.74) is 14.2. The van der Waals surface area contributed by atoms with Crippen molar-refractivity contribution in [1.82, 2.24) is 39.5 Å². The number of aromatic nitrogens is 4. The zero-order valence-electron chi connectivity index (χ0n) is 65.1. The third kappa shape index (κ3) is 17.1. The van der Waals surface area contributed by atoms with E-state index in [1.54, 1.807) is 29.2 Å². The molecule has 0 bridgehead atoms. The zero-order valence-corrected chi connectivity index (χ0v) is 65.1. The van der Waals surface area contributed by atoms with E-state index in [0.717, 1.165) is 76.6 Å². The topological polar surface area (TPSA) is 258 Å². The Bertz CT molecular complexity index is 5680. The Labute approximate surface area is 666 Å². The number of carbonyl (C=O) groups excluding carboxylic acids is 1. The lowest BCUT2D eigenvalue weighted by Gasteiger charge is -2.27. The number of aliphatic carboxylic acids is 1. The van der Waals surface area contributed by atoms with Crippen molar-refractivity contribution in [2.45, 2.75) is 181 Å². The number of carboxylic acids is 1. The Morgan fingerprint density at radius 2 is 0.718 bits per heavy atom. The summed E-state index contributed by atoms with van der Waals surface area (Å²) in [4.78, 5) is 50.8. The number of aliphatic hydroxyl groups is 2. The second-order valence-electron chi connectivity index (χ2n) is 30.3. The standard InChI is InChI=1S/C44H44F4N4O7.C43H42F4N4O7/c1-23-27(9-5-11-29(23)40-49-31-17-25(21-51(3)33-13-7-15-35(33)53)36(58-43(45)46)19-38(31)56-40)28-10-6-12-30(24(28)2)41-50-32-18-26(37(59-44(47)48)20-39(32)57-41)22-52-16-8-14-34(52)42(54)55-4;1-22-26(8-4-10-28(22)39-48-30-16-24(20-50(3)32-12-6-14-34(32)52)35(57-42(44)45)18-37(30)55-39)27-9-5-11-29(23(27)2)40-49-31-17-25(21-51-15-7-13-33(51)41(53)54)36(58-43(46)47)19-38(31)56-40/h5-6,9-12,17-20,33-35,43-44,53H,7-8,13-16,21-22H2,1-4H3;4-5,8-11,16-19,32-34,42-43,52H,6-7,12-15,20-21H2,1-3H3,(H,53,54)/t33-,34+,35+;32-,33+,34+/m11/s1. The summed E-state index contributed by atoms with van der Waals surface area (Å²) in [7, 11) is 5.04. The zero-order chi connectivity index (χ0) is 82.4. The largest absolute Gasteiger partial charge is 0.480 e. The van der Waals surface area contributed by atoms with E-state index in [9.17, 15) is 60.0 Å². The quantitative estimate of drug-likeness (QED) is 0.0336. The number of halogens is 8. The summed E-state index contributed by atoms with van der Waals surface area (Å²) in [6, 6.07) is 33.7. The molecule has 0 amide bonds. The molecule has 4 fully saturated rings. The second-order valence-corrected chi connectivity index (χ2v) is 30.3.